The van der Waals surface area contributed by atoms with Gasteiger partial charge in [0.15, 0.2) is 23.2 Å². The summed E-state index contributed by atoms with van der Waals surface area (Å²) in [5.74, 6) is 1.30. The van der Waals surface area contributed by atoms with Gasteiger partial charge in [0.25, 0.3) is 0 Å². The lowest BCUT2D eigenvalue weighted by Gasteiger charge is -2.17. The summed E-state index contributed by atoms with van der Waals surface area (Å²) >= 11 is 0. The number of aromatic nitrogens is 4. The molecule has 1 fully saturated rings. The number of anilines is 1. The van der Waals surface area contributed by atoms with Crippen molar-refractivity contribution in [3.05, 3.63) is 30.4 Å². The average molecular weight is 433 g/mol. The van der Waals surface area contributed by atoms with E-state index >= 15 is 0 Å². The van der Waals surface area contributed by atoms with E-state index in [1.54, 1.807) is 0 Å². The van der Waals surface area contributed by atoms with E-state index < -0.39 is 31.1 Å². The molecular formula is C19H23N5O7. The molecule has 2 aromatic heterocycles. The first-order chi connectivity index (χ1) is 15.0. The molecule has 0 radical (unpaired) electrons. The molecular weight excluding hydrogens is 410 g/mol. The summed E-state index contributed by atoms with van der Waals surface area (Å²) in [6, 6.07) is 2.96. The van der Waals surface area contributed by atoms with Crippen molar-refractivity contribution in [1.29, 1.82) is 0 Å². The van der Waals surface area contributed by atoms with Crippen molar-refractivity contribution in [3.8, 4) is 17.2 Å². The van der Waals surface area contributed by atoms with Crippen LogP contribution in [0.3, 0.4) is 0 Å². The minimum absolute atomic E-state index is 0.0131. The summed E-state index contributed by atoms with van der Waals surface area (Å²) in [6.07, 6.45) is -1.61. The van der Waals surface area contributed by atoms with Crippen LogP contribution in [0.25, 0.3) is 11.2 Å². The fourth-order valence-corrected chi connectivity index (χ4v) is 3.59. The van der Waals surface area contributed by atoms with Gasteiger partial charge in [-0.3, -0.25) is 4.57 Å². The quantitative estimate of drug-likeness (QED) is 0.334. The molecule has 1 aliphatic heterocycles. The Morgan fingerprint density at radius 1 is 1.10 bits per heavy atom. The molecule has 3 aromatic rings. The molecule has 12 nitrogen and oxygen atoms in total. The van der Waals surface area contributed by atoms with Gasteiger partial charge < -0.3 is 40.0 Å². The second kappa shape index (κ2) is 8.51. The first-order valence-electron chi connectivity index (χ1n) is 9.46. The van der Waals surface area contributed by atoms with Gasteiger partial charge in [0, 0.05) is 18.7 Å². The number of phenolic OH excluding ortho intramolecular Hbond substituents is 1. The number of aliphatic hydroxyl groups is 3. The van der Waals surface area contributed by atoms with Crippen LogP contribution in [0.1, 0.15) is 11.8 Å². The second-order valence-electron chi connectivity index (χ2n) is 6.96. The van der Waals surface area contributed by atoms with Crippen molar-refractivity contribution in [2.24, 2.45) is 0 Å². The van der Waals surface area contributed by atoms with E-state index in [0.29, 0.717) is 34.0 Å². The Morgan fingerprint density at radius 3 is 2.42 bits per heavy atom. The third-order valence-corrected chi connectivity index (χ3v) is 5.18. The largest absolute Gasteiger partial charge is 0.508 e. The third kappa shape index (κ3) is 3.70. The van der Waals surface area contributed by atoms with Crippen molar-refractivity contribution in [2.75, 3.05) is 26.1 Å². The van der Waals surface area contributed by atoms with Crippen molar-refractivity contribution in [1.82, 2.24) is 19.5 Å². The van der Waals surface area contributed by atoms with Crippen molar-refractivity contribution in [2.45, 2.75) is 31.1 Å². The molecule has 0 saturated carbocycles. The Hall–Kier alpha value is -3.19. The summed E-state index contributed by atoms with van der Waals surface area (Å²) in [7, 11) is 2.98. The normalized spacial score (nSPS) is 23.3. The summed E-state index contributed by atoms with van der Waals surface area (Å²) in [5.41, 5.74) is 1.45. The highest BCUT2D eigenvalue weighted by Gasteiger charge is 2.44. The number of rotatable bonds is 7. The Labute approximate surface area is 176 Å². The number of imidazole rings is 1. The molecule has 0 unspecified atom stereocenters. The number of benzene rings is 1. The molecule has 5 N–H and O–H groups in total. The van der Waals surface area contributed by atoms with E-state index in [4.69, 9.17) is 14.2 Å². The predicted octanol–water partition coefficient (Wildman–Crippen LogP) is -0.227. The minimum atomic E-state index is -1.26. The second-order valence-corrected chi connectivity index (χ2v) is 6.96. The molecule has 0 amide bonds. The van der Waals surface area contributed by atoms with Gasteiger partial charge in [0.05, 0.1) is 32.7 Å². The molecule has 12 heteroatoms. The molecule has 31 heavy (non-hydrogen) atoms. The fraction of sp³-hybridized carbons (Fsp3) is 0.421. The van der Waals surface area contributed by atoms with Crippen molar-refractivity contribution in [3.63, 3.8) is 0 Å². The van der Waals surface area contributed by atoms with Crippen LogP contribution in [-0.4, -0.2) is 79.1 Å². The van der Waals surface area contributed by atoms with E-state index in [1.165, 1.54) is 43.6 Å². The van der Waals surface area contributed by atoms with Gasteiger partial charge in [-0.25, -0.2) is 15.0 Å². The van der Waals surface area contributed by atoms with Crippen LogP contribution in [0.5, 0.6) is 17.2 Å². The maximum Gasteiger partial charge on any atom is 0.167 e. The molecule has 1 aliphatic rings. The van der Waals surface area contributed by atoms with Crippen LogP contribution in [0.4, 0.5) is 5.82 Å². The van der Waals surface area contributed by atoms with Crippen LogP contribution < -0.4 is 14.8 Å². The van der Waals surface area contributed by atoms with Crippen molar-refractivity contribution >= 4 is 17.0 Å². The topological polar surface area (TPSA) is 164 Å². The highest BCUT2D eigenvalue weighted by atomic mass is 16.6. The van der Waals surface area contributed by atoms with E-state index in [0.717, 1.165) is 0 Å². The molecule has 1 aromatic carbocycles. The summed E-state index contributed by atoms with van der Waals surface area (Å²) in [5, 5.41) is 42.6. The number of phenols is 1. The molecule has 4 rings (SSSR count). The van der Waals surface area contributed by atoms with Crippen LogP contribution in [0, 0.1) is 0 Å². The van der Waals surface area contributed by atoms with E-state index in [9.17, 15) is 20.4 Å². The van der Waals surface area contributed by atoms with Gasteiger partial charge in [0.1, 0.15) is 41.9 Å². The third-order valence-electron chi connectivity index (χ3n) is 5.18. The van der Waals surface area contributed by atoms with E-state index in [2.05, 4.69) is 20.3 Å². The standard InChI is InChI=1S/C19H23N5O7/c1-29-11-3-9(26)4-12(30-2)10(11)5-20-17-14-18(22-7-21-17)24(8-23-14)19-16(28)15(27)13(6-25)31-19/h3-4,7-8,13,15-16,19,25-28H,5-6H2,1-2H3,(H,20,21,22)/t13-,15-,16-,19-/m1/s1. The number of fused-ring (bicyclic) bond motifs is 1. The molecule has 0 spiro atoms. The average Bonchev–Trinajstić information content (AvgIpc) is 3.33. The number of hydrogen-bond acceptors (Lipinski definition) is 11. The van der Waals surface area contributed by atoms with Gasteiger partial charge in [-0.15, -0.1) is 0 Å². The van der Waals surface area contributed by atoms with Gasteiger partial charge >= 0.3 is 0 Å². The zero-order valence-electron chi connectivity index (χ0n) is 16.8. The van der Waals surface area contributed by atoms with E-state index in [-0.39, 0.29) is 12.3 Å². The number of aromatic hydroxyl groups is 1. The lowest BCUT2D eigenvalue weighted by molar-refractivity contribution is -0.0511. The van der Waals surface area contributed by atoms with Gasteiger partial charge in [-0.2, -0.15) is 0 Å². The maximum atomic E-state index is 10.3. The van der Waals surface area contributed by atoms with Crippen LogP contribution in [0.15, 0.2) is 24.8 Å². The van der Waals surface area contributed by atoms with Gasteiger partial charge in [0.2, 0.25) is 0 Å². The van der Waals surface area contributed by atoms with Gasteiger partial charge in [-0.05, 0) is 0 Å². The number of nitrogens with zero attached hydrogens (tertiary/aromatic N) is 4. The fourth-order valence-electron chi connectivity index (χ4n) is 3.59. The first kappa shape index (κ1) is 21.1. The predicted molar refractivity (Wildman–Crippen MR) is 107 cm³/mol. The molecule has 166 valence electrons. The SMILES string of the molecule is COc1cc(O)cc(OC)c1CNc1ncnc2c1ncn2[C@@H]1O[C@H](CO)[C@@H](O)[C@H]1O. The lowest BCUT2D eigenvalue weighted by Crippen LogP contribution is -2.33. The molecule has 0 bridgehead atoms. The number of aliphatic hydroxyl groups excluding tert-OH is 3. The van der Waals surface area contributed by atoms with E-state index in [1.807, 2.05) is 0 Å². The highest BCUT2D eigenvalue weighted by molar-refractivity contribution is 5.82. The monoisotopic (exact) mass is 433 g/mol. The van der Waals surface area contributed by atoms with Crippen LogP contribution in [0.2, 0.25) is 0 Å². The maximum absolute atomic E-state index is 10.3. The zero-order valence-corrected chi connectivity index (χ0v) is 16.8. The summed E-state index contributed by atoms with van der Waals surface area (Å²) in [6.45, 7) is -0.182. The Bertz CT molecular complexity index is 1050. The summed E-state index contributed by atoms with van der Waals surface area (Å²) in [4.78, 5) is 12.8. The smallest absolute Gasteiger partial charge is 0.167 e. The Morgan fingerprint density at radius 2 is 1.81 bits per heavy atom. The number of methoxy groups -OCH3 is 2. The molecule has 3 heterocycles. The molecule has 4 atom stereocenters. The van der Waals surface area contributed by atoms with Crippen LogP contribution in [-0.2, 0) is 11.3 Å². The number of nitrogens with one attached hydrogen (secondary N) is 1. The summed E-state index contributed by atoms with van der Waals surface area (Å²) < 4.78 is 17.7. The van der Waals surface area contributed by atoms with Crippen LogP contribution >= 0.6 is 0 Å². The van der Waals surface area contributed by atoms with Gasteiger partial charge in [-0.1, -0.05) is 0 Å². The highest BCUT2D eigenvalue weighted by Crippen LogP contribution is 2.35. The van der Waals surface area contributed by atoms with Crippen molar-refractivity contribution < 1.29 is 34.6 Å². The first-order valence-corrected chi connectivity index (χ1v) is 9.46. The Kier molecular flexibility index (Phi) is 5.78. The lowest BCUT2D eigenvalue weighted by atomic mass is 10.1. The number of hydrogen-bond donors (Lipinski definition) is 5. The molecule has 0 aliphatic carbocycles. The molecule has 1 saturated heterocycles. The minimum Gasteiger partial charge on any atom is -0.508 e. The Balaban J connectivity index is 1.63. The zero-order chi connectivity index (χ0) is 22.1. The number of ether oxygens (including phenoxy) is 3.